The molecule has 0 atom stereocenters. The molecule has 4 aliphatic carbocycles. The van der Waals surface area contributed by atoms with Gasteiger partial charge in [0.25, 0.3) is 0 Å². The first-order chi connectivity index (χ1) is 9.71. The van der Waals surface area contributed by atoms with Gasteiger partial charge in [-0.15, -0.1) is 10.2 Å². The Labute approximate surface area is 118 Å². The average Bonchev–Trinajstić information content (AvgIpc) is 2.87. The van der Waals surface area contributed by atoms with Crippen molar-refractivity contribution in [2.45, 2.75) is 51.5 Å². The summed E-state index contributed by atoms with van der Waals surface area (Å²) in [6.45, 7) is 0.377. The molecule has 4 aliphatic rings. The third kappa shape index (κ3) is 2.21. The number of rotatable bonds is 4. The summed E-state index contributed by atoms with van der Waals surface area (Å²) in [5.74, 6) is 3.38. The minimum Gasteiger partial charge on any atom is -0.349 e. The third-order valence-corrected chi connectivity index (χ3v) is 5.53. The summed E-state index contributed by atoms with van der Waals surface area (Å²) in [5, 5.41) is 16.5. The summed E-state index contributed by atoms with van der Waals surface area (Å²) in [5.41, 5.74) is 0.302. The highest BCUT2D eigenvalue weighted by atomic mass is 16.1. The molecule has 4 bridgehead atoms. The van der Waals surface area contributed by atoms with E-state index < -0.39 is 0 Å². The number of hydrogen-bond donors (Lipinski definition) is 2. The minimum absolute atomic E-state index is 0.150. The predicted octanol–water partition coefficient (Wildman–Crippen LogP) is 1.42. The van der Waals surface area contributed by atoms with Crippen LogP contribution in [0.5, 0.6) is 0 Å². The minimum atomic E-state index is 0.150. The van der Waals surface area contributed by atoms with Crippen molar-refractivity contribution in [2.24, 2.45) is 23.2 Å². The fraction of sp³-hybridized carbons (Fsp3) is 0.857. The Morgan fingerprint density at radius 2 is 1.85 bits per heavy atom. The predicted molar refractivity (Wildman–Crippen MR) is 71.2 cm³/mol. The zero-order valence-corrected chi connectivity index (χ0v) is 11.6. The molecule has 108 valence electrons. The number of carbonyl (C=O) groups is 1. The molecule has 0 aromatic carbocycles. The van der Waals surface area contributed by atoms with Gasteiger partial charge in [0.1, 0.15) is 0 Å². The van der Waals surface area contributed by atoms with Gasteiger partial charge in [-0.3, -0.25) is 4.79 Å². The van der Waals surface area contributed by atoms with Gasteiger partial charge in [0.05, 0.1) is 6.54 Å². The summed E-state index contributed by atoms with van der Waals surface area (Å²) in [6, 6.07) is 0. The molecule has 6 heteroatoms. The number of tetrazole rings is 1. The van der Waals surface area contributed by atoms with E-state index in [9.17, 15) is 4.79 Å². The topological polar surface area (TPSA) is 83.6 Å². The molecule has 6 nitrogen and oxygen atoms in total. The van der Waals surface area contributed by atoms with Gasteiger partial charge in [0, 0.05) is 6.42 Å². The van der Waals surface area contributed by atoms with Crippen LogP contribution in [-0.4, -0.2) is 26.5 Å². The van der Waals surface area contributed by atoms with Crippen LogP contribution in [-0.2, 0) is 11.3 Å². The van der Waals surface area contributed by atoms with Crippen LogP contribution in [0.2, 0.25) is 0 Å². The number of aromatic amines is 1. The molecule has 0 aliphatic heterocycles. The Kier molecular flexibility index (Phi) is 2.79. The van der Waals surface area contributed by atoms with Gasteiger partial charge in [0.2, 0.25) is 5.91 Å². The summed E-state index contributed by atoms with van der Waals surface area (Å²) in [4.78, 5) is 12.2. The van der Waals surface area contributed by atoms with E-state index in [2.05, 4.69) is 25.9 Å². The lowest BCUT2D eigenvalue weighted by molar-refractivity contribution is -0.129. The highest BCUT2D eigenvalue weighted by molar-refractivity contribution is 5.76. The summed E-state index contributed by atoms with van der Waals surface area (Å²) >= 11 is 0. The van der Waals surface area contributed by atoms with Crippen molar-refractivity contribution in [1.29, 1.82) is 0 Å². The maximum atomic E-state index is 12.2. The maximum absolute atomic E-state index is 12.2. The molecular formula is C14H21N5O. The second-order valence-corrected chi connectivity index (χ2v) is 7.20. The molecule has 1 amide bonds. The Bertz CT molecular complexity index is 462. The first kappa shape index (κ1) is 12.3. The lowest BCUT2D eigenvalue weighted by Gasteiger charge is -2.56. The van der Waals surface area contributed by atoms with Crippen LogP contribution in [0.15, 0.2) is 0 Å². The molecule has 1 aromatic heterocycles. The van der Waals surface area contributed by atoms with Crippen molar-refractivity contribution >= 4 is 5.91 Å². The van der Waals surface area contributed by atoms with E-state index in [4.69, 9.17) is 0 Å². The summed E-state index contributed by atoms with van der Waals surface area (Å²) in [6.07, 6.45) is 8.77. The molecular weight excluding hydrogens is 254 g/mol. The Morgan fingerprint density at radius 3 is 2.40 bits per heavy atom. The van der Waals surface area contributed by atoms with Gasteiger partial charge in [-0.25, -0.2) is 0 Å². The monoisotopic (exact) mass is 275 g/mol. The van der Waals surface area contributed by atoms with Gasteiger partial charge in [-0.05, 0) is 61.7 Å². The lowest BCUT2D eigenvalue weighted by Crippen LogP contribution is -2.48. The number of nitrogens with one attached hydrogen (secondary N) is 2. The molecule has 0 radical (unpaired) electrons. The Balaban J connectivity index is 1.37. The van der Waals surface area contributed by atoms with E-state index in [1.54, 1.807) is 0 Å². The molecule has 0 unspecified atom stereocenters. The molecule has 5 rings (SSSR count). The molecule has 1 aromatic rings. The van der Waals surface area contributed by atoms with Gasteiger partial charge in [-0.2, -0.15) is 5.21 Å². The number of carbonyl (C=O) groups excluding carboxylic acids is 1. The van der Waals surface area contributed by atoms with E-state index in [-0.39, 0.29) is 5.91 Å². The fourth-order valence-corrected chi connectivity index (χ4v) is 5.34. The lowest BCUT2D eigenvalue weighted by atomic mass is 9.49. The SMILES string of the molecule is O=C(CC12CC3CC(CC(C3)C1)C2)NCc1nn[nH]n1. The smallest absolute Gasteiger partial charge is 0.220 e. The molecule has 4 saturated carbocycles. The van der Waals surface area contributed by atoms with E-state index in [1.165, 1.54) is 38.5 Å². The molecule has 4 fully saturated rings. The second-order valence-electron chi connectivity index (χ2n) is 7.20. The van der Waals surface area contributed by atoms with Crippen LogP contribution in [0.1, 0.15) is 50.8 Å². The third-order valence-electron chi connectivity index (χ3n) is 5.53. The summed E-state index contributed by atoms with van der Waals surface area (Å²) in [7, 11) is 0. The number of aromatic nitrogens is 4. The van der Waals surface area contributed by atoms with E-state index in [0.29, 0.717) is 24.2 Å². The van der Waals surface area contributed by atoms with Crippen molar-refractivity contribution in [3.05, 3.63) is 5.82 Å². The first-order valence-electron chi connectivity index (χ1n) is 7.70. The normalized spacial score (nSPS) is 38.1. The number of amides is 1. The van der Waals surface area contributed by atoms with Crippen molar-refractivity contribution in [3.8, 4) is 0 Å². The number of nitrogens with zero attached hydrogens (tertiary/aromatic N) is 3. The molecule has 20 heavy (non-hydrogen) atoms. The highest BCUT2D eigenvalue weighted by Gasteiger charge is 2.51. The van der Waals surface area contributed by atoms with Crippen molar-refractivity contribution in [2.75, 3.05) is 0 Å². The van der Waals surface area contributed by atoms with Crippen LogP contribution >= 0.6 is 0 Å². The fourth-order valence-electron chi connectivity index (χ4n) is 5.34. The van der Waals surface area contributed by atoms with E-state index in [0.717, 1.165) is 17.8 Å². The first-order valence-corrected chi connectivity index (χ1v) is 7.70. The summed E-state index contributed by atoms with van der Waals surface area (Å²) < 4.78 is 0. The van der Waals surface area contributed by atoms with Gasteiger partial charge < -0.3 is 5.32 Å². The molecule has 0 spiro atoms. The molecule has 0 saturated heterocycles. The zero-order valence-electron chi connectivity index (χ0n) is 11.6. The van der Waals surface area contributed by atoms with Crippen LogP contribution in [0.4, 0.5) is 0 Å². The van der Waals surface area contributed by atoms with Crippen LogP contribution in [0.3, 0.4) is 0 Å². The average molecular weight is 275 g/mol. The maximum Gasteiger partial charge on any atom is 0.220 e. The van der Waals surface area contributed by atoms with Gasteiger partial charge in [-0.1, -0.05) is 5.21 Å². The standard InChI is InChI=1S/C14H21N5O/c20-13(15-8-12-16-18-19-17-12)7-14-4-9-1-10(5-14)3-11(2-9)6-14/h9-11H,1-8H2,(H,15,20)(H,16,17,18,19). The van der Waals surface area contributed by atoms with Crippen LogP contribution in [0.25, 0.3) is 0 Å². The van der Waals surface area contributed by atoms with E-state index >= 15 is 0 Å². The number of hydrogen-bond acceptors (Lipinski definition) is 4. The van der Waals surface area contributed by atoms with Gasteiger partial charge >= 0.3 is 0 Å². The van der Waals surface area contributed by atoms with Crippen molar-refractivity contribution in [1.82, 2.24) is 25.9 Å². The quantitative estimate of drug-likeness (QED) is 0.870. The van der Waals surface area contributed by atoms with Gasteiger partial charge in [0.15, 0.2) is 5.82 Å². The number of H-pyrrole nitrogens is 1. The van der Waals surface area contributed by atoms with Crippen molar-refractivity contribution < 1.29 is 4.79 Å². The highest BCUT2D eigenvalue weighted by Crippen LogP contribution is 2.61. The van der Waals surface area contributed by atoms with E-state index in [1.807, 2.05) is 0 Å². The Hall–Kier alpha value is -1.46. The van der Waals surface area contributed by atoms with Crippen LogP contribution < -0.4 is 5.32 Å². The molecule has 2 N–H and O–H groups in total. The largest absolute Gasteiger partial charge is 0.349 e. The van der Waals surface area contributed by atoms with Crippen molar-refractivity contribution in [3.63, 3.8) is 0 Å². The molecule has 1 heterocycles. The Morgan fingerprint density at radius 1 is 1.20 bits per heavy atom. The zero-order chi connectivity index (χ0) is 13.6. The van der Waals surface area contributed by atoms with Crippen LogP contribution in [0, 0.1) is 23.2 Å². The second kappa shape index (κ2) is 4.53.